The minimum absolute atomic E-state index is 0.0890. The van der Waals surface area contributed by atoms with Crippen LogP contribution < -0.4 is 5.32 Å². The molecule has 1 N–H and O–H groups in total. The van der Waals surface area contributed by atoms with E-state index in [0.717, 1.165) is 36.1 Å². The topological polar surface area (TPSA) is 64.3 Å². The van der Waals surface area contributed by atoms with E-state index in [1.165, 1.54) is 0 Å². The molecule has 0 radical (unpaired) electrons. The fraction of sp³-hybridized carbons (Fsp3) is 0.615. The molecule has 6 nitrogen and oxygen atoms in total. The van der Waals surface area contributed by atoms with E-state index >= 15 is 0 Å². The van der Waals surface area contributed by atoms with Gasteiger partial charge in [0.25, 0.3) is 0 Å². The van der Waals surface area contributed by atoms with Crippen molar-refractivity contribution in [2.45, 2.75) is 43.5 Å². The van der Waals surface area contributed by atoms with E-state index in [4.69, 9.17) is 4.74 Å². The Morgan fingerprint density at radius 1 is 1.45 bits per heavy atom. The molecule has 1 aliphatic rings. The van der Waals surface area contributed by atoms with Gasteiger partial charge in [-0.2, -0.15) is 0 Å². The zero-order chi connectivity index (χ0) is 14.2. The third kappa shape index (κ3) is 2.60. The van der Waals surface area contributed by atoms with Crippen LogP contribution in [-0.2, 0) is 4.74 Å². The van der Waals surface area contributed by atoms with Gasteiger partial charge in [-0.1, -0.05) is 11.8 Å². The monoisotopic (exact) mass is 293 g/mol. The summed E-state index contributed by atoms with van der Waals surface area (Å²) in [6, 6.07) is 0.341. The van der Waals surface area contributed by atoms with Crippen molar-refractivity contribution in [3.8, 4) is 0 Å². The molecule has 1 saturated heterocycles. The summed E-state index contributed by atoms with van der Waals surface area (Å²) in [6.07, 6.45) is 7.60. The van der Waals surface area contributed by atoms with Gasteiger partial charge in [-0.15, -0.1) is 10.2 Å². The Hall–Kier alpha value is -1.34. The zero-order valence-electron chi connectivity index (χ0n) is 12.0. The van der Waals surface area contributed by atoms with E-state index in [-0.39, 0.29) is 5.60 Å². The first-order chi connectivity index (χ1) is 9.59. The lowest BCUT2D eigenvalue weighted by Gasteiger charge is -2.35. The quantitative estimate of drug-likeness (QED) is 0.875. The van der Waals surface area contributed by atoms with Crippen LogP contribution in [0, 0.1) is 0 Å². The Morgan fingerprint density at radius 3 is 3.05 bits per heavy atom. The molecule has 7 heteroatoms. The average Bonchev–Trinajstić information content (AvgIpc) is 2.87. The van der Waals surface area contributed by atoms with Crippen molar-refractivity contribution in [3.05, 3.63) is 12.4 Å². The fourth-order valence-corrected chi connectivity index (χ4v) is 3.07. The van der Waals surface area contributed by atoms with Crippen LogP contribution in [0.4, 0.5) is 5.82 Å². The minimum Gasteiger partial charge on any atom is -0.375 e. The predicted octanol–water partition coefficient (Wildman–Crippen LogP) is 2.22. The maximum atomic E-state index is 5.74. The van der Waals surface area contributed by atoms with Crippen molar-refractivity contribution in [1.29, 1.82) is 0 Å². The molecular formula is C13H19N5OS. The van der Waals surface area contributed by atoms with Crippen molar-refractivity contribution in [2.75, 3.05) is 18.2 Å². The van der Waals surface area contributed by atoms with Crippen molar-refractivity contribution < 1.29 is 4.74 Å². The van der Waals surface area contributed by atoms with Gasteiger partial charge in [0.2, 0.25) is 0 Å². The maximum absolute atomic E-state index is 5.74. The van der Waals surface area contributed by atoms with Crippen LogP contribution in [0.25, 0.3) is 5.65 Å². The Morgan fingerprint density at radius 2 is 2.30 bits per heavy atom. The van der Waals surface area contributed by atoms with Gasteiger partial charge in [-0.25, -0.2) is 4.98 Å². The average molecular weight is 293 g/mol. The summed E-state index contributed by atoms with van der Waals surface area (Å²) in [7, 11) is 0. The number of anilines is 1. The summed E-state index contributed by atoms with van der Waals surface area (Å²) in [5, 5.41) is 12.8. The molecule has 1 fully saturated rings. The Balaban J connectivity index is 1.86. The number of nitrogens with one attached hydrogen (secondary N) is 1. The number of nitrogens with zero attached hydrogens (tertiary/aromatic N) is 4. The van der Waals surface area contributed by atoms with Crippen molar-refractivity contribution in [1.82, 2.24) is 19.6 Å². The van der Waals surface area contributed by atoms with E-state index in [9.17, 15) is 0 Å². The lowest BCUT2D eigenvalue weighted by Crippen LogP contribution is -2.40. The van der Waals surface area contributed by atoms with E-state index in [0.29, 0.717) is 6.04 Å². The number of hydrogen-bond donors (Lipinski definition) is 1. The molecule has 20 heavy (non-hydrogen) atoms. The van der Waals surface area contributed by atoms with Crippen LogP contribution >= 0.6 is 11.8 Å². The van der Waals surface area contributed by atoms with Crippen LogP contribution in [0.2, 0.25) is 0 Å². The molecule has 1 atom stereocenters. The van der Waals surface area contributed by atoms with E-state index in [1.54, 1.807) is 18.0 Å². The molecule has 3 heterocycles. The molecule has 0 amide bonds. The highest BCUT2D eigenvalue weighted by Gasteiger charge is 2.29. The highest BCUT2D eigenvalue weighted by atomic mass is 32.2. The highest BCUT2D eigenvalue weighted by Crippen LogP contribution is 2.27. The van der Waals surface area contributed by atoms with Gasteiger partial charge in [0.1, 0.15) is 0 Å². The molecule has 2 aromatic heterocycles. The lowest BCUT2D eigenvalue weighted by molar-refractivity contribution is -0.0553. The number of rotatable bonds is 3. The fourth-order valence-electron chi connectivity index (χ4n) is 2.60. The number of aromatic nitrogens is 4. The molecule has 1 aliphatic heterocycles. The normalized spacial score (nSPS) is 22.1. The largest absolute Gasteiger partial charge is 0.375 e. The molecule has 2 aromatic rings. The molecule has 0 spiro atoms. The Kier molecular flexibility index (Phi) is 3.55. The maximum Gasteiger partial charge on any atom is 0.195 e. The summed E-state index contributed by atoms with van der Waals surface area (Å²) < 4.78 is 7.70. The second kappa shape index (κ2) is 5.21. The first-order valence-electron chi connectivity index (χ1n) is 6.73. The smallest absolute Gasteiger partial charge is 0.195 e. The molecule has 3 rings (SSSR count). The Labute approximate surface area is 122 Å². The van der Waals surface area contributed by atoms with Crippen molar-refractivity contribution in [2.24, 2.45) is 0 Å². The summed E-state index contributed by atoms with van der Waals surface area (Å²) >= 11 is 1.56. The number of imidazole rings is 1. The summed E-state index contributed by atoms with van der Waals surface area (Å²) in [6.45, 7) is 5.01. The van der Waals surface area contributed by atoms with Crippen LogP contribution in [-0.4, -0.2) is 44.1 Å². The Bertz CT molecular complexity index is 612. The molecule has 108 valence electrons. The molecule has 0 aliphatic carbocycles. The van der Waals surface area contributed by atoms with Crippen LogP contribution in [0.3, 0.4) is 0 Å². The molecule has 0 bridgehead atoms. The molecule has 0 aromatic carbocycles. The van der Waals surface area contributed by atoms with Crippen molar-refractivity contribution in [3.63, 3.8) is 0 Å². The molecular weight excluding hydrogens is 274 g/mol. The zero-order valence-corrected chi connectivity index (χ0v) is 12.8. The van der Waals surface area contributed by atoms with Crippen molar-refractivity contribution >= 4 is 23.2 Å². The van der Waals surface area contributed by atoms with Gasteiger partial charge in [0.15, 0.2) is 16.6 Å². The predicted molar refractivity (Wildman–Crippen MR) is 79.2 cm³/mol. The van der Waals surface area contributed by atoms with Gasteiger partial charge in [-0.3, -0.25) is 4.40 Å². The molecule has 0 saturated carbocycles. The summed E-state index contributed by atoms with van der Waals surface area (Å²) in [5.74, 6) is 0.746. The number of hydrogen-bond acceptors (Lipinski definition) is 6. The summed E-state index contributed by atoms with van der Waals surface area (Å²) in [5.41, 5.74) is 0.738. The molecule has 1 unspecified atom stereocenters. The second-order valence-corrected chi connectivity index (χ2v) is 6.37. The van der Waals surface area contributed by atoms with Gasteiger partial charge in [0, 0.05) is 25.0 Å². The first-order valence-corrected chi connectivity index (χ1v) is 7.96. The van der Waals surface area contributed by atoms with Gasteiger partial charge in [0.05, 0.1) is 5.60 Å². The van der Waals surface area contributed by atoms with Crippen LogP contribution in [0.1, 0.15) is 26.7 Å². The minimum atomic E-state index is -0.0890. The third-order valence-corrected chi connectivity index (χ3v) is 4.16. The lowest BCUT2D eigenvalue weighted by atomic mass is 9.94. The van der Waals surface area contributed by atoms with E-state index < -0.39 is 0 Å². The van der Waals surface area contributed by atoms with Gasteiger partial charge >= 0.3 is 0 Å². The van der Waals surface area contributed by atoms with Gasteiger partial charge in [-0.05, 0) is 32.9 Å². The third-order valence-electron chi connectivity index (χ3n) is 3.51. The van der Waals surface area contributed by atoms with Gasteiger partial charge < -0.3 is 10.1 Å². The first kappa shape index (κ1) is 13.6. The second-order valence-electron chi connectivity index (χ2n) is 5.60. The number of fused-ring (bicyclic) bond motifs is 1. The number of thioether (sulfide) groups is 1. The number of ether oxygens (including phenoxy) is 1. The highest BCUT2D eigenvalue weighted by molar-refractivity contribution is 7.98. The standard InChI is InChI=1S/C13H19N5OS/c1-13(2)8-9(4-7-19-13)15-10-11-14-5-6-18(11)12(20-3)17-16-10/h5-6,9H,4,7-8H2,1-3H3,(H,15,16). The summed E-state index contributed by atoms with van der Waals surface area (Å²) in [4.78, 5) is 4.38. The van der Waals surface area contributed by atoms with E-state index in [2.05, 4.69) is 34.3 Å². The SMILES string of the molecule is CSc1nnc(NC2CCOC(C)(C)C2)c2nccn12. The van der Waals surface area contributed by atoms with Crippen LogP contribution in [0.15, 0.2) is 17.6 Å². The van der Waals surface area contributed by atoms with Crippen LogP contribution in [0.5, 0.6) is 0 Å². The van der Waals surface area contributed by atoms with E-state index in [1.807, 2.05) is 16.9 Å².